The fourth-order valence-corrected chi connectivity index (χ4v) is 2.90. The maximum atomic E-state index is 6.11. The van der Waals surface area contributed by atoms with E-state index in [4.69, 9.17) is 23.2 Å². The monoisotopic (exact) mass is 308 g/mol. The molecule has 0 saturated heterocycles. The molecular formula is C12H15BrCl2. The van der Waals surface area contributed by atoms with E-state index in [9.17, 15) is 0 Å². The van der Waals surface area contributed by atoms with Gasteiger partial charge in [-0.25, -0.2) is 0 Å². The average molecular weight is 310 g/mol. The molecule has 2 atom stereocenters. The zero-order valence-corrected chi connectivity index (χ0v) is 12.0. The minimum atomic E-state index is 0.536. The van der Waals surface area contributed by atoms with Crippen LogP contribution < -0.4 is 0 Å². The van der Waals surface area contributed by atoms with Crippen molar-refractivity contribution in [3.63, 3.8) is 0 Å². The Morgan fingerprint density at radius 1 is 1.20 bits per heavy atom. The standard InChI is InChI=1S/C12H15BrCl2/c1-8(6-9(2)13)7-10-11(14)4-3-5-12(10)15/h3-5,8-9H,6-7H2,1-2H3. The molecule has 0 aliphatic rings. The van der Waals surface area contributed by atoms with Gasteiger partial charge in [0.15, 0.2) is 0 Å². The molecule has 84 valence electrons. The number of alkyl halides is 1. The summed E-state index contributed by atoms with van der Waals surface area (Å²) in [4.78, 5) is 0.536. The molecule has 0 aliphatic heterocycles. The molecule has 0 aromatic heterocycles. The van der Waals surface area contributed by atoms with Gasteiger partial charge in [0.25, 0.3) is 0 Å². The first-order chi connectivity index (χ1) is 7.00. The summed E-state index contributed by atoms with van der Waals surface area (Å²) in [5, 5.41) is 1.55. The summed E-state index contributed by atoms with van der Waals surface area (Å²) < 4.78 is 0. The van der Waals surface area contributed by atoms with E-state index < -0.39 is 0 Å². The fourth-order valence-electron chi connectivity index (χ4n) is 1.71. The number of rotatable bonds is 4. The smallest absolute Gasteiger partial charge is 0.0452 e. The average Bonchev–Trinajstić information content (AvgIpc) is 2.10. The van der Waals surface area contributed by atoms with Crippen LogP contribution in [0.1, 0.15) is 25.8 Å². The number of hydrogen-bond acceptors (Lipinski definition) is 0. The second-order valence-electron chi connectivity index (χ2n) is 4.03. The summed E-state index contributed by atoms with van der Waals surface area (Å²) in [5.74, 6) is 0.580. The molecule has 0 bridgehead atoms. The Hall–Kier alpha value is 0.280. The Morgan fingerprint density at radius 3 is 2.20 bits per heavy atom. The maximum absolute atomic E-state index is 6.11. The predicted octanol–water partition coefficient (Wildman–Crippen LogP) is 5.35. The molecule has 0 nitrogen and oxygen atoms in total. The first-order valence-electron chi connectivity index (χ1n) is 5.07. The SMILES string of the molecule is CC(Br)CC(C)Cc1c(Cl)cccc1Cl. The summed E-state index contributed by atoms with van der Waals surface area (Å²) in [6.07, 6.45) is 2.07. The second kappa shape index (κ2) is 6.12. The summed E-state index contributed by atoms with van der Waals surface area (Å²) in [7, 11) is 0. The molecule has 15 heavy (non-hydrogen) atoms. The zero-order valence-electron chi connectivity index (χ0n) is 8.93. The maximum Gasteiger partial charge on any atom is 0.0452 e. The van der Waals surface area contributed by atoms with Crippen LogP contribution in [-0.4, -0.2) is 4.83 Å². The molecule has 0 amide bonds. The number of halogens is 3. The fraction of sp³-hybridized carbons (Fsp3) is 0.500. The van der Waals surface area contributed by atoms with Gasteiger partial charge in [-0.3, -0.25) is 0 Å². The molecule has 0 radical (unpaired) electrons. The van der Waals surface area contributed by atoms with E-state index in [-0.39, 0.29) is 0 Å². The van der Waals surface area contributed by atoms with Crippen LogP contribution in [0.25, 0.3) is 0 Å². The van der Waals surface area contributed by atoms with Crippen molar-refractivity contribution in [1.29, 1.82) is 0 Å². The molecule has 1 aromatic rings. The molecule has 0 N–H and O–H groups in total. The van der Waals surface area contributed by atoms with Crippen molar-refractivity contribution in [1.82, 2.24) is 0 Å². The largest absolute Gasteiger partial charge is 0.0894 e. The second-order valence-corrected chi connectivity index (χ2v) is 6.40. The molecular weight excluding hydrogens is 295 g/mol. The van der Waals surface area contributed by atoms with Crippen LogP contribution in [0, 0.1) is 5.92 Å². The summed E-state index contributed by atoms with van der Waals surface area (Å²) >= 11 is 15.8. The molecule has 1 aromatic carbocycles. The van der Waals surface area contributed by atoms with Gasteiger partial charge in [-0.15, -0.1) is 0 Å². The van der Waals surface area contributed by atoms with Crippen LogP contribution in [0.15, 0.2) is 18.2 Å². The number of hydrogen-bond donors (Lipinski definition) is 0. The molecule has 0 saturated carbocycles. The topological polar surface area (TPSA) is 0 Å². The lowest BCUT2D eigenvalue weighted by atomic mass is 9.97. The van der Waals surface area contributed by atoms with E-state index in [1.165, 1.54) is 0 Å². The highest BCUT2D eigenvalue weighted by Crippen LogP contribution is 2.28. The van der Waals surface area contributed by atoms with Crippen molar-refractivity contribution in [2.24, 2.45) is 5.92 Å². The van der Waals surface area contributed by atoms with Crippen molar-refractivity contribution < 1.29 is 0 Å². The van der Waals surface area contributed by atoms with Gasteiger partial charge in [0.2, 0.25) is 0 Å². The Bertz CT molecular complexity index is 303. The van der Waals surface area contributed by atoms with Gasteiger partial charge >= 0.3 is 0 Å². The quantitative estimate of drug-likeness (QED) is 0.658. The Morgan fingerprint density at radius 2 is 1.73 bits per heavy atom. The van der Waals surface area contributed by atoms with E-state index in [0.29, 0.717) is 10.7 Å². The first kappa shape index (κ1) is 13.3. The molecule has 3 heteroatoms. The summed E-state index contributed by atoms with van der Waals surface area (Å²) in [6.45, 7) is 4.38. The highest BCUT2D eigenvalue weighted by Gasteiger charge is 2.11. The van der Waals surface area contributed by atoms with Crippen molar-refractivity contribution in [2.75, 3.05) is 0 Å². The van der Waals surface area contributed by atoms with E-state index in [2.05, 4.69) is 29.8 Å². The normalized spacial score (nSPS) is 15.0. The van der Waals surface area contributed by atoms with E-state index in [1.807, 2.05) is 18.2 Å². The van der Waals surface area contributed by atoms with Crippen molar-refractivity contribution in [3.05, 3.63) is 33.8 Å². The minimum absolute atomic E-state index is 0.536. The van der Waals surface area contributed by atoms with Crippen LogP contribution in [0.4, 0.5) is 0 Å². The van der Waals surface area contributed by atoms with Gasteiger partial charge in [-0.2, -0.15) is 0 Å². The van der Waals surface area contributed by atoms with E-state index >= 15 is 0 Å². The Kier molecular flexibility index (Phi) is 5.45. The van der Waals surface area contributed by atoms with Gasteiger partial charge in [-0.05, 0) is 36.5 Å². The van der Waals surface area contributed by atoms with Gasteiger partial charge < -0.3 is 0 Å². The van der Waals surface area contributed by atoms with E-state index in [1.54, 1.807) is 0 Å². The van der Waals surface area contributed by atoms with E-state index in [0.717, 1.165) is 28.5 Å². The molecule has 1 rings (SSSR count). The molecule has 0 spiro atoms. The van der Waals surface area contributed by atoms with Crippen LogP contribution >= 0.6 is 39.1 Å². The van der Waals surface area contributed by atoms with Crippen LogP contribution in [0.3, 0.4) is 0 Å². The predicted molar refractivity (Wildman–Crippen MR) is 72.3 cm³/mol. The lowest BCUT2D eigenvalue weighted by molar-refractivity contribution is 0.533. The summed E-state index contributed by atoms with van der Waals surface area (Å²) in [5.41, 5.74) is 1.07. The van der Waals surface area contributed by atoms with Crippen molar-refractivity contribution in [2.45, 2.75) is 31.5 Å². The van der Waals surface area contributed by atoms with Crippen LogP contribution in [0.5, 0.6) is 0 Å². The third-order valence-corrected chi connectivity index (χ3v) is 3.42. The van der Waals surface area contributed by atoms with Crippen molar-refractivity contribution in [3.8, 4) is 0 Å². The molecule has 2 unspecified atom stereocenters. The highest BCUT2D eigenvalue weighted by molar-refractivity contribution is 9.09. The van der Waals surface area contributed by atoms with Crippen LogP contribution in [0.2, 0.25) is 10.0 Å². The van der Waals surface area contributed by atoms with Gasteiger partial charge in [0.1, 0.15) is 0 Å². The zero-order chi connectivity index (χ0) is 11.4. The summed E-state index contributed by atoms with van der Waals surface area (Å²) in [6, 6.07) is 5.67. The Labute approximate surface area is 110 Å². The molecule has 0 heterocycles. The molecule has 0 fully saturated rings. The lowest BCUT2D eigenvalue weighted by Gasteiger charge is -2.14. The van der Waals surface area contributed by atoms with Gasteiger partial charge in [0.05, 0.1) is 0 Å². The highest BCUT2D eigenvalue weighted by atomic mass is 79.9. The minimum Gasteiger partial charge on any atom is -0.0894 e. The lowest BCUT2D eigenvalue weighted by Crippen LogP contribution is -2.06. The third kappa shape index (κ3) is 4.34. The first-order valence-corrected chi connectivity index (χ1v) is 6.74. The number of benzene rings is 1. The van der Waals surface area contributed by atoms with Gasteiger partial charge in [-0.1, -0.05) is 59.0 Å². The third-order valence-electron chi connectivity index (χ3n) is 2.34. The van der Waals surface area contributed by atoms with Gasteiger partial charge in [0, 0.05) is 14.9 Å². The Balaban J connectivity index is 2.71. The van der Waals surface area contributed by atoms with Crippen LogP contribution in [-0.2, 0) is 6.42 Å². The van der Waals surface area contributed by atoms with Crippen molar-refractivity contribution >= 4 is 39.1 Å². The molecule has 0 aliphatic carbocycles.